The highest BCUT2D eigenvalue weighted by Crippen LogP contribution is 2.06. The zero-order valence-corrected chi connectivity index (χ0v) is 8.59. The number of hydrogen-bond donors (Lipinski definition) is 0. The van der Waals surface area contributed by atoms with Crippen molar-refractivity contribution in [1.82, 2.24) is 0 Å². The van der Waals surface area contributed by atoms with Crippen LogP contribution in [0.1, 0.15) is 20.8 Å². The number of halogens is 3. The Morgan fingerprint density at radius 1 is 0.769 bits per heavy atom. The van der Waals surface area contributed by atoms with E-state index in [1.54, 1.807) is 0 Å². The Bertz CT molecular complexity index is 111. The maximum absolute atomic E-state index is 12.3. The summed E-state index contributed by atoms with van der Waals surface area (Å²) in [6, 6.07) is 0. The number of alkyl halides is 3. The van der Waals surface area contributed by atoms with Crippen molar-refractivity contribution in [2.24, 2.45) is 0 Å². The smallest absolute Gasteiger partial charge is 0.340 e. The SMILES string of the molecule is CC(F)O[Si](OC(C)F)OC(C)F. The van der Waals surface area contributed by atoms with Crippen molar-refractivity contribution < 1.29 is 26.4 Å². The molecule has 79 valence electrons. The quantitative estimate of drug-likeness (QED) is 0.636. The van der Waals surface area contributed by atoms with Crippen LogP contribution in [0.4, 0.5) is 13.2 Å². The summed E-state index contributed by atoms with van der Waals surface area (Å²) in [6.45, 7) is 3.22. The molecule has 0 fully saturated rings. The van der Waals surface area contributed by atoms with Gasteiger partial charge in [0.15, 0.2) is 19.1 Å². The van der Waals surface area contributed by atoms with Gasteiger partial charge >= 0.3 is 9.53 Å². The molecule has 0 N–H and O–H groups in total. The second-order valence-corrected chi connectivity index (χ2v) is 3.44. The summed E-state index contributed by atoms with van der Waals surface area (Å²) in [7, 11) is -2.67. The highest BCUT2D eigenvalue weighted by Gasteiger charge is 2.27. The van der Waals surface area contributed by atoms with Gasteiger partial charge < -0.3 is 13.3 Å². The lowest BCUT2D eigenvalue weighted by molar-refractivity contribution is -0.0675. The maximum atomic E-state index is 12.3. The van der Waals surface area contributed by atoms with E-state index in [0.717, 1.165) is 20.8 Å². The van der Waals surface area contributed by atoms with Crippen molar-refractivity contribution >= 4 is 9.53 Å². The van der Waals surface area contributed by atoms with Crippen LogP contribution >= 0.6 is 0 Å². The molecule has 0 heterocycles. The van der Waals surface area contributed by atoms with E-state index >= 15 is 0 Å². The Balaban J connectivity index is 3.87. The van der Waals surface area contributed by atoms with Crippen molar-refractivity contribution in [3.05, 3.63) is 0 Å². The molecule has 3 nitrogen and oxygen atoms in total. The van der Waals surface area contributed by atoms with E-state index in [1.165, 1.54) is 0 Å². The van der Waals surface area contributed by atoms with Crippen molar-refractivity contribution in [2.45, 2.75) is 39.8 Å². The van der Waals surface area contributed by atoms with Crippen LogP contribution in [0.15, 0.2) is 0 Å². The maximum Gasteiger partial charge on any atom is 0.584 e. The van der Waals surface area contributed by atoms with Crippen molar-refractivity contribution in [3.8, 4) is 0 Å². The normalized spacial score (nSPS) is 18.7. The molecule has 3 atom stereocenters. The van der Waals surface area contributed by atoms with E-state index in [2.05, 4.69) is 13.3 Å². The van der Waals surface area contributed by atoms with Gasteiger partial charge in [-0.25, -0.2) is 13.2 Å². The lowest BCUT2D eigenvalue weighted by atomic mass is 10.8. The molecule has 0 aromatic carbocycles. The standard InChI is InChI=1S/C6H12F3O3Si/c1-4(7)10-13(11-5(2)8)12-6(3)9/h4-6H,1-3H3. The molecule has 0 aromatic rings. The Morgan fingerprint density at radius 2 is 1.00 bits per heavy atom. The molecule has 0 aliphatic rings. The molecule has 1 radical (unpaired) electrons. The van der Waals surface area contributed by atoms with Gasteiger partial charge in [0.25, 0.3) is 0 Å². The highest BCUT2D eigenvalue weighted by molar-refractivity contribution is 6.36. The first-order valence-electron chi connectivity index (χ1n) is 3.71. The van der Waals surface area contributed by atoms with Gasteiger partial charge in [0, 0.05) is 0 Å². The first-order valence-corrected chi connectivity index (χ1v) is 4.93. The molecule has 13 heavy (non-hydrogen) atoms. The summed E-state index contributed by atoms with van der Waals surface area (Å²) in [4.78, 5) is 0. The lowest BCUT2D eigenvalue weighted by Gasteiger charge is -2.16. The molecule has 0 rings (SSSR count). The highest BCUT2D eigenvalue weighted by atomic mass is 28.3. The molecule has 0 bridgehead atoms. The van der Waals surface area contributed by atoms with Crippen LogP contribution in [0.2, 0.25) is 0 Å². The third kappa shape index (κ3) is 8.22. The molecule has 0 aliphatic heterocycles. The summed E-state index contributed by atoms with van der Waals surface area (Å²) < 4.78 is 49.9. The van der Waals surface area contributed by atoms with Crippen LogP contribution in [-0.2, 0) is 13.3 Å². The van der Waals surface area contributed by atoms with Gasteiger partial charge in [0.1, 0.15) is 0 Å². The van der Waals surface area contributed by atoms with Crippen molar-refractivity contribution in [3.63, 3.8) is 0 Å². The van der Waals surface area contributed by atoms with E-state index in [-0.39, 0.29) is 0 Å². The minimum atomic E-state index is -2.67. The van der Waals surface area contributed by atoms with Crippen LogP contribution in [0, 0.1) is 0 Å². The summed E-state index contributed by atoms with van der Waals surface area (Å²) >= 11 is 0. The molecule has 0 aliphatic carbocycles. The summed E-state index contributed by atoms with van der Waals surface area (Å²) in [5, 5.41) is 0. The van der Waals surface area contributed by atoms with Gasteiger partial charge in [-0.3, -0.25) is 0 Å². The van der Waals surface area contributed by atoms with E-state index in [1.807, 2.05) is 0 Å². The van der Waals surface area contributed by atoms with E-state index in [4.69, 9.17) is 0 Å². The minimum absolute atomic E-state index is 1.07. The fourth-order valence-corrected chi connectivity index (χ4v) is 1.44. The predicted octanol–water partition coefficient (Wildman–Crippen LogP) is 1.97. The van der Waals surface area contributed by atoms with Crippen LogP contribution in [0.25, 0.3) is 0 Å². The van der Waals surface area contributed by atoms with Gasteiger partial charge in [-0.2, -0.15) is 0 Å². The first kappa shape index (κ1) is 12.9. The lowest BCUT2D eigenvalue weighted by Crippen LogP contribution is -2.33. The Hall–Kier alpha value is -0.113. The van der Waals surface area contributed by atoms with Crippen LogP contribution < -0.4 is 0 Å². The Morgan fingerprint density at radius 3 is 1.15 bits per heavy atom. The second-order valence-electron chi connectivity index (χ2n) is 2.23. The largest absolute Gasteiger partial charge is 0.584 e. The average molecular weight is 217 g/mol. The van der Waals surface area contributed by atoms with E-state index < -0.39 is 28.6 Å². The fourth-order valence-electron chi connectivity index (χ4n) is 0.481. The van der Waals surface area contributed by atoms with E-state index in [0.29, 0.717) is 0 Å². The zero-order valence-electron chi connectivity index (χ0n) is 7.59. The summed E-state index contributed by atoms with van der Waals surface area (Å²) in [5.74, 6) is 0. The molecule has 7 heteroatoms. The van der Waals surface area contributed by atoms with Crippen LogP contribution in [-0.4, -0.2) is 28.6 Å². The fraction of sp³-hybridized carbons (Fsp3) is 1.00. The predicted molar refractivity (Wildman–Crippen MR) is 40.7 cm³/mol. The van der Waals surface area contributed by atoms with Gasteiger partial charge in [-0.05, 0) is 20.8 Å². The summed E-state index contributed by atoms with van der Waals surface area (Å²) in [6.07, 6.45) is -5.02. The zero-order chi connectivity index (χ0) is 10.4. The first-order chi connectivity index (χ1) is 5.91. The topological polar surface area (TPSA) is 27.7 Å². The third-order valence-corrected chi connectivity index (χ3v) is 2.33. The molecule has 0 spiro atoms. The third-order valence-electron chi connectivity index (χ3n) is 0.776. The Kier molecular flexibility index (Phi) is 6.30. The molecule has 0 saturated carbocycles. The monoisotopic (exact) mass is 217 g/mol. The van der Waals surface area contributed by atoms with Crippen molar-refractivity contribution in [1.29, 1.82) is 0 Å². The Labute approximate surface area is 76.7 Å². The van der Waals surface area contributed by atoms with E-state index in [9.17, 15) is 13.2 Å². The molecule has 0 amide bonds. The molecular formula is C6H12F3O3Si. The van der Waals surface area contributed by atoms with Crippen LogP contribution in [0.5, 0.6) is 0 Å². The minimum Gasteiger partial charge on any atom is -0.340 e. The van der Waals surface area contributed by atoms with Gasteiger partial charge in [0.05, 0.1) is 0 Å². The van der Waals surface area contributed by atoms with Gasteiger partial charge in [-0.1, -0.05) is 0 Å². The van der Waals surface area contributed by atoms with Crippen LogP contribution in [0.3, 0.4) is 0 Å². The summed E-state index contributed by atoms with van der Waals surface area (Å²) in [5.41, 5.74) is 0. The molecular weight excluding hydrogens is 205 g/mol. The van der Waals surface area contributed by atoms with Gasteiger partial charge in [0.2, 0.25) is 0 Å². The van der Waals surface area contributed by atoms with Crippen molar-refractivity contribution in [2.75, 3.05) is 0 Å². The number of rotatable bonds is 6. The molecule has 0 aromatic heterocycles. The van der Waals surface area contributed by atoms with Gasteiger partial charge in [-0.15, -0.1) is 0 Å². The second kappa shape index (κ2) is 6.36. The average Bonchev–Trinajstić information content (AvgIpc) is 1.80. The molecule has 0 saturated heterocycles. The number of hydrogen-bond acceptors (Lipinski definition) is 3. The molecule has 3 unspecified atom stereocenters.